The molecule has 4 heteroatoms. The number of carboxylic acid groups (broad SMARTS) is 2. The SMILES string of the molecule is CC(C)(C(=O)O)C1CC(C(=O)O)C1. The van der Waals surface area contributed by atoms with Crippen molar-refractivity contribution < 1.29 is 19.8 Å². The second-order valence-electron chi connectivity index (χ2n) is 4.23. The number of aliphatic carboxylic acids is 2. The first-order valence-electron chi connectivity index (χ1n) is 4.32. The molecule has 4 nitrogen and oxygen atoms in total. The molecule has 1 rings (SSSR count). The molecule has 74 valence electrons. The topological polar surface area (TPSA) is 74.6 Å². The van der Waals surface area contributed by atoms with Crippen LogP contribution in [-0.2, 0) is 9.59 Å². The summed E-state index contributed by atoms with van der Waals surface area (Å²) in [4.78, 5) is 21.3. The van der Waals surface area contributed by atoms with Crippen LogP contribution in [0.2, 0.25) is 0 Å². The van der Waals surface area contributed by atoms with Gasteiger partial charge in [-0.15, -0.1) is 0 Å². The second-order valence-corrected chi connectivity index (χ2v) is 4.23. The van der Waals surface area contributed by atoms with Gasteiger partial charge < -0.3 is 10.2 Å². The van der Waals surface area contributed by atoms with Crippen molar-refractivity contribution in [3.63, 3.8) is 0 Å². The third-order valence-electron chi connectivity index (χ3n) is 3.06. The maximum atomic E-state index is 10.8. The van der Waals surface area contributed by atoms with E-state index in [1.807, 2.05) is 0 Å². The number of carboxylic acids is 2. The van der Waals surface area contributed by atoms with Gasteiger partial charge in [0.25, 0.3) is 0 Å². The van der Waals surface area contributed by atoms with Crippen molar-refractivity contribution in [2.45, 2.75) is 26.7 Å². The van der Waals surface area contributed by atoms with Crippen LogP contribution < -0.4 is 0 Å². The zero-order valence-corrected chi connectivity index (χ0v) is 7.78. The molecule has 0 aromatic heterocycles. The highest BCUT2D eigenvalue weighted by atomic mass is 16.4. The third-order valence-corrected chi connectivity index (χ3v) is 3.06. The van der Waals surface area contributed by atoms with Crippen LogP contribution in [-0.4, -0.2) is 22.2 Å². The van der Waals surface area contributed by atoms with E-state index in [4.69, 9.17) is 10.2 Å². The van der Waals surface area contributed by atoms with Gasteiger partial charge in [0.05, 0.1) is 11.3 Å². The fourth-order valence-electron chi connectivity index (χ4n) is 1.58. The van der Waals surface area contributed by atoms with E-state index in [-0.39, 0.29) is 11.8 Å². The Balaban J connectivity index is 2.52. The Morgan fingerprint density at radius 2 is 1.69 bits per heavy atom. The van der Waals surface area contributed by atoms with Crippen molar-refractivity contribution in [2.75, 3.05) is 0 Å². The smallest absolute Gasteiger partial charge is 0.309 e. The predicted molar refractivity (Wildman–Crippen MR) is 45.3 cm³/mol. The first-order chi connectivity index (χ1) is 5.85. The van der Waals surface area contributed by atoms with Crippen LogP contribution >= 0.6 is 0 Å². The summed E-state index contributed by atoms with van der Waals surface area (Å²) in [5.74, 6) is -1.98. The maximum Gasteiger partial charge on any atom is 0.309 e. The number of hydrogen-bond donors (Lipinski definition) is 2. The minimum Gasteiger partial charge on any atom is -0.481 e. The fraction of sp³-hybridized carbons (Fsp3) is 0.778. The summed E-state index contributed by atoms with van der Waals surface area (Å²) in [6, 6.07) is 0. The third kappa shape index (κ3) is 1.66. The number of carbonyl (C=O) groups is 2. The lowest BCUT2D eigenvalue weighted by atomic mass is 9.62. The molecule has 2 N–H and O–H groups in total. The van der Waals surface area contributed by atoms with Gasteiger partial charge >= 0.3 is 11.9 Å². The van der Waals surface area contributed by atoms with Crippen molar-refractivity contribution in [2.24, 2.45) is 17.3 Å². The van der Waals surface area contributed by atoms with Gasteiger partial charge in [-0.3, -0.25) is 9.59 Å². The summed E-state index contributed by atoms with van der Waals surface area (Å²) < 4.78 is 0. The lowest BCUT2D eigenvalue weighted by molar-refractivity contribution is -0.159. The summed E-state index contributed by atoms with van der Waals surface area (Å²) in [5, 5.41) is 17.5. The van der Waals surface area contributed by atoms with Gasteiger partial charge in [-0.2, -0.15) is 0 Å². The van der Waals surface area contributed by atoms with Crippen LogP contribution in [0.15, 0.2) is 0 Å². The maximum absolute atomic E-state index is 10.8. The largest absolute Gasteiger partial charge is 0.481 e. The Bertz CT molecular complexity index is 238. The molecule has 0 atom stereocenters. The van der Waals surface area contributed by atoms with Crippen LogP contribution in [0.4, 0.5) is 0 Å². The Hall–Kier alpha value is -1.06. The minimum atomic E-state index is -0.846. The molecular formula is C9H14O4. The summed E-state index contributed by atoms with van der Waals surface area (Å²) in [7, 11) is 0. The fourth-order valence-corrected chi connectivity index (χ4v) is 1.58. The molecule has 1 saturated carbocycles. The average molecular weight is 186 g/mol. The van der Waals surface area contributed by atoms with Crippen molar-refractivity contribution in [1.82, 2.24) is 0 Å². The quantitative estimate of drug-likeness (QED) is 0.694. The van der Waals surface area contributed by atoms with Crippen LogP contribution in [0, 0.1) is 17.3 Å². The van der Waals surface area contributed by atoms with E-state index >= 15 is 0 Å². The number of rotatable bonds is 3. The molecule has 1 fully saturated rings. The van der Waals surface area contributed by atoms with Crippen molar-refractivity contribution >= 4 is 11.9 Å². The monoisotopic (exact) mass is 186 g/mol. The highest BCUT2D eigenvalue weighted by Crippen LogP contribution is 2.45. The molecule has 0 spiro atoms. The number of hydrogen-bond acceptors (Lipinski definition) is 2. The summed E-state index contributed by atoms with van der Waals surface area (Å²) >= 11 is 0. The molecule has 0 aliphatic heterocycles. The van der Waals surface area contributed by atoms with E-state index in [9.17, 15) is 9.59 Å². The molecule has 13 heavy (non-hydrogen) atoms. The van der Waals surface area contributed by atoms with E-state index in [0.29, 0.717) is 12.8 Å². The summed E-state index contributed by atoms with van der Waals surface area (Å²) in [6.45, 7) is 3.30. The molecule has 0 saturated heterocycles. The van der Waals surface area contributed by atoms with Gasteiger partial charge in [0.15, 0.2) is 0 Å². The zero-order valence-electron chi connectivity index (χ0n) is 7.78. The van der Waals surface area contributed by atoms with Gasteiger partial charge in [0.2, 0.25) is 0 Å². The molecule has 1 aliphatic carbocycles. The molecule has 0 heterocycles. The summed E-state index contributed by atoms with van der Waals surface area (Å²) in [5.41, 5.74) is -0.786. The molecule has 0 aromatic rings. The predicted octanol–water partition coefficient (Wildman–Crippen LogP) is 1.21. The second kappa shape index (κ2) is 3.01. The van der Waals surface area contributed by atoms with E-state index in [1.54, 1.807) is 13.8 Å². The van der Waals surface area contributed by atoms with E-state index < -0.39 is 17.4 Å². The Morgan fingerprint density at radius 1 is 1.23 bits per heavy atom. The molecule has 1 aliphatic rings. The summed E-state index contributed by atoms with van der Waals surface area (Å²) in [6.07, 6.45) is 0.989. The average Bonchev–Trinajstić information content (AvgIpc) is 1.80. The first kappa shape index (κ1) is 10.0. The van der Waals surface area contributed by atoms with Gasteiger partial charge in [-0.25, -0.2) is 0 Å². The van der Waals surface area contributed by atoms with Crippen LogP contribution in [0.3, 0.4) is 0 Å². The van der Waals surface area contributed by atoms with Crippen LogP contribution in [0.25, 0.3) is 0 Å². The highest BCUT2D eigenvalue weighted by molar-refractivity contribution is 5.76. The lowest BCUT2D eigenvalue weighted by Crippen LogP contribution is -2.43. The van der Waals surface area contributed by atoms with Gasteiger partial charge in [0, 0.05) is 0 Å². The van der Waals surface area contributed by atoms with Gasteiger partial charge in [0.1, 0.15) is 0 Å². The van der Waals surface area contributed by atoms with E-state index in [1.165, 1.54) is 0 Å². The molecule has 0 bridgehead atoms. The molecule has 0 unspecified atom stereocenters. The molecular weight excluding hydrogens is 172 g/mol. The van der Waals surface area contributed by atoms with Crippen molar-refractivity contribution in [3.8, 4) is 0 Å². The van der Waals surface area contributed by atoms with E-state index in [2.05, 4.69) is 0 Å². The standard InChI is InChI=1S/C9H14O4/c1-9(2,8(12)13)6-3-5(4-6)7(10)11/h5-6H,3-4H2,1-2H3,(H,10,11)(H,12,13). The lowest BCUT2D eigenvalue weighted by Gasteiger charge is -2.41. The highest BCUT2D eigenvalue weighted by Gasteiger charge is 2.46. The first-order valence-corrected chi connectivity index (χ1v) is 4.32. The van der Waals surface area contributed by atoms with Crippen LogP contribution in [0.1, 0.15) is 26.7 Å². The Labute approximate surface area is 76.6 Å². The Kier molecular flexibility index (Phi) is 2.32. The van der Waals surface area contributed by atoms with Crippen molar-refractivity contribution in [1.29, 1.82) is 0 Å². The van der Waals surface area contributed by atoms with Gasteiger partial charge in [-0.1, -0.05) is 0 Å². The van der Waals surface area contributed by atoms with Crippen LogP contribution in [0.5, 0.6) is 0 Å². The molecule has 0 aromatic carbocycles. The normalized spacial score (nSPS) is 27.8. The molecule has 0 amide bonds. The Morgan fingerprint density at radius 3 is 2.00 bits per heavy atom. The minimum absolute atomic E-state index is 0.00565. The molecule has 0 radical (unpaired) electrons. The van der Waals surface area contributed by atoms with Gasteiger partial charge in [-0.05, 0) is 32.6 Å². The zero-order chi connectivity index (χ0) is 10.2. The van der Waals surface area contributed by atoms with E-state index in [0.717, 1.165) is 0 Å². The van der Waals surface area contributed by atoms with Crippen molar-refractivity contribution in [3.05, 3.63) is 0 Å².